The van der Waals surface area contributed by atoms with Crippen LogP contribution in [0.5, 0.6) is 5.75 Å². The Kier molecular flexibility index (Phi) is 5.46. The number of aryl methyl sites for hydroxylation is 1. The summed E-state index contributed by atoms with van der Waals surface area (Å²) in [6, 6.07) is 7.60. The first-order valence-electron chi connectivity index (χ1n) is 7.85. The van der Waals surface area contributed by atoms with Crippen LogP contribution in [0.2, 0.25) is 10.0 Å². The van der Waals surface area contributed by atoms with Crippen LogP contribution in [-0.2, 0) is 25.7 Å². The van der Waals surface area contributed by atoms with E-state index in [9.17, 15) is 13.2 Å². The summed E-state index contributed by atoms with van der Waals surface area (Å²) < 4.78 is 44.9. The molecule has 3 rings (SSSR count). The normalized spacial score (nSPS) is 13.8. The van der Waals surface area contributed by atoms with E-state index in [2.05, 4.69) is 5.32 Å². The SMILES string of the molecule is FC(F)(F)c1cc(Cl)ccc1CCCOc1cc2c(cc1Cl)CNC2. The average Bonchev–Trinajstić information content (AvgIpc) is 2.98. The second-order valence-electron chi connectivity index (χ2n) is 5.91. The zero-order valence-electron chi connectivity index (χ0n) is 13.2. The second-order valence-corrected chi connectivity index (χ2v) is 6.75. The number of rotatable bonds is 5. The third-order valence-corrected chi connectivity index (χ3v) is 4.64. The lowest BCUT2D eigenvalue weighted by atomic mass is 10.0. The average molecular weight is 390 g/mol. The number of benzene rings is 2. The smallest absolute Gasteiger partial charge is 0.416 e. The molecule has 134 valence electrons. The Bertz CT molecular complexity index is 778. The molecule has 0 aliphatic carbocycles. The lowest BCUT2D eigenvalue weighted by Crippen LogP contribution is -2.10. The molecule has 0 fully saturated rings. The molecule has 0 amide bonds. The third-order valence-electron chi connectivity index (χ3n) is 4.11. The summed E-state index contributed by atoms with van der Waals surface area (Å²) in [5.74, 6) is 0.566. The number of nitrogens with one attached hydrogen (secondary N) is 1. The van der Waals surface area contributed by atoms with Crippen molar-refractivity contribution in [3.63, 3.8) is 0 Å². The molecule has 2 aromatic rings. The Morgan fingerprint density at radius 2 is 1.76 bits per heavy atom. The molecule has 0 radical (unpaired) electrons. The third kappa shape index (κ3) is 4.40. The van der Waals surface area contributed by atoms with Crippen molar-refractivity contribution in [1.29, 1.82) is 0 Å². The number of alkyl halides is 3. The Morgan fingerprint density at radius 3 is 2.48 bits per heavy atom. The van der Waals surface area contributed by atoms with Gasteiger partial charge in [0.1, 0.15) is 5.75 Å². The molecule has 0 unspecified atom stereocenters. The van der Waals surface area contributed by atoms with Crippen molar-refractivity contribution < 1.29 is 17.9 Å². The van der Waals surface area contributed by atoms with Gasteiger partial charge in [-0.05, 0) is 53.8 Å². The van der Waals surface area contributed by atoms with E-state index in [0.29, 0.717) is 17.2 Å². The van der Waals surface area contributed by atoms with Gasteiger partial charge in [-0.15, -0.1) is 0 Å². The quantitative estimate of drug-likeness (QED) is 0.669. The van der Waals surface area contributed by atoms with Gasteiger partial charge in [-0.3, -0.25) is 0 Å². The van der Waals surface area contributed by atoms with Gasteiger partial charge in [-0.2, -0.15) is 13.2 Å². The van der Waals surface area contributed by atoms with Crippen LogP contribution in [0.15, 0.2) is 30.3 Å². The highest BCUT2D eigenvalue weighted by molar-refractivity contribution is 6.32. The second kappa shape index (κ2) is 7.44. The van der Waals surface area contributed by atoms with E-state index in [4.69, 9.17) is 27.9 Å². The minimum absolute atomic E-state index is 0.0749. The molecule has 1 aliphatic rings. The predicted octanol–water partition coefficient (Wildman–Crippen LogP) is 5.63. The first kappa shape index (κ1) is 18.4. The summed E-state index contributed by atoms with van der Waals surface area (Å²) in [4.78, 5) is 0. The van der Waals surface area contributed by atoms with Gasteiger partial charge in [-0.1, -0.05) is 29.3 Å². The molecule has 25 heavy (non-hydrogen) atoms. The van der Waals surface area contributed by atoms with Crippen LogP contribution >= 0.6 is 23.2 Å². The van der Waals surface area contributed by atoms with Crippen LogP contribution in [0.1, 0.15) is 28.7 Å². The fourth-order valence-electron chi connectivity index (χ4n) is 2.88. The van der Waals surface area contributed by atoms with E-state index < -0.39 is 11.7 Å². The van der Waals surface area contributed by atoms with E-state index in [1.807, 2.05) is 12.1 Å². The Balaban J connectivity index is 1.61. The Hall–Kier alpha value is -1.43. The molecule has 7 heteroatoms. The number of fused-ring (bicyclic) bond motifs is 1. The molecular formula is C18H16Cl2F3NO. The monoisotopic (exact) mass is 389 g/mol. The molecule has 0 saturated carbocycles. The summed E-state index contributed by atoms with van der Waals surface area (Å²) in [6.45, 7) is 1.83. The molecular weight excluding hydrogens is 374 g/mol. The number of ether oxygens (including phenoxy) is 1. The largest absolute Gasteiger partial charge is 0.492 e. The van der Waals surface area contributed by atoms with Crippen LogP contribution in [0.4, 0.5) is 13.2 Å². The molecule has 0 bridgehead atoms. The van der Waals surface area contributed by atoms with E-state index in [1.165, 1.54) is 12.1 Å². The zero-order valence-corrected chi connectivity index (χ0v) is 14.7. The summed E-state index contributed by atoms with van der Waals surface area (Å²) in [7, 11) is 0. The highest BCUT2D eigenvalue weighted by atomic mass is 35.5. The van der Waals surface area contributed by atoms with E-state index in [0.717, 1.165) is 30.3 Å². The first-order valence-corrected chi connectivity index (χ1v) is 8.60. The molecule has 1 heterocycles. The van der Waals surface area contributed by atoms with Crippen molar-refractivity contribution in [3.8, 4) is 5.75 Å². The molecule has 0 aromatic heterocycles. The Labute approximate surface area is 153 Å². The molecule has 2 aromatic carbocycles. The van der Waals surface area contributed by atoms with Crippen LogP contribution in [-0.4, -0.2) is 6.61 Å². The summed E-state index contributed by atoms with van der Waals surface area (Å²) in [5, 5.41) is 3.82. The van der Waals surface area contributed by atoms with Gasteiger partial charge in [0.15, 0.2) is 0 Å². The highest BCUT2D eigenvalue weighted by Crippen LogP contribution is 2.34. The number of hydrogen-bond acceptors (Lipinski definition) is 2. The molecule has 0 saturated heterocycles. The standard InChI is InChI=1S/C18H16Cl2F3NO/c19-14-4-3-11(15(8-14)18(21,22)23)2-1-5-25-17-7-13-10-24-9-12(13)6-16(17)20/h3-4,6-8,24H,1-2,5,9-10H2. The van der Waals surface area contributed by atoms with Crippen LogP contribution in [0.25, 0.3) is 0 Å². The highest BCUT2D eigenvalue weighted by Gasteiger charge is 2.33. The number of hydrogen-bond donors (Lipinski definition) is 1. The molecule has 0 atom stereocenters. The zero-order chi connectivity index (χ0) is 18.0. The van der Waals surface area contributed by atoms with Crippen LogP contribution in [0.3, 0.4) is 0 Å². The summed E-state index contributed by atoms with van der Waals surface area (Å²) in [6.07, 6.45) is -3.73. The lowest BCUT2D eigenvalue weighted by Gasteiger charge is -2.14. The molecule has 2 nitrogen and oxygen atoms in total. The van der Waals surface area contributed by atoms with Crippen molar-refractivity contribution in [1.82, 2.24) is 5.32 Å². The lowest BCUT2D eigenvalue weighted by molar-refractivity contribution is -0.138. The van der Waals surface area contributed by atoms with Gasteiger partial charge in [0.05, 0.1) is 17.2 Å². The maximum Gasteiger partial charge on any atom is 0.416 e. The van der Waals surface area contributed by atoms with Crippen molar-refractivity contribution >= 4 is 23.2 Å². The molecule has 1 N–H and O–H groups in total. The minimum atomic E-state index is -4.42. The van der Waals surface area contributed by atoms with E-state index in [1.54, 1.807) is 0 Å². The maximum absolute atomic E-state index is 13.1. The predicted molar refractivity (Wildman–Crippen MR) is 92.3 cm³/mol. The van der Waals surface area contributed by atoms with Gasteiger partial charge < -0.3 is 10.1 Å². The van der Waals surface area contributed by atoms with E-state index >= 15 is 0 Å². The van der Waals surface area contributed by atoms with Crippen LogP contribution < -0.4 is 10.1 Å². The fourth-order valence-corrected chi connectivity index (χ4v) is 3.30. The molecule has 0 spiro atoms. The summed E-state index contributed by atoms with van der Waals surface area (Å²) >= 11 is 11.9. The first-order chi connectivity index (χ1) is 11.8. The molecule has 1 aliphatic heterocycles. The van der Waals surface area contributed by atoms with Gasteiger partial charge in [-0.25, -0.2) is 0 Å². The van der Waals surface area contributed by atoms with Crippen molar-refractivity contribution in [3.05, 3.63) is 62.6 Å². The maximum atomic E-state index is 13.1. The number of halogens is 5. The van der Waals surface area contributed by atoms with Crippen molar-refractivity contribution in [2.75, 3.05) is 6.61 Å². The van der Waals surface area contributed by atoms with Gasteiger partial charge in [0, 0.05) is 18.1 Å². The van der Waals surface area contributed by atoms with Crippen molar-refractivity contribution in [2.45, 2.75) is 32.1 Å². The van der Waals surface area contributed by atoms with E-state index in [-0.39, 0.29) is 23.6 Å². The van der Waals surface area contributed by atoms with Gasteiger partial charge >= 0.3 is 6.18 Å². The summed E-state index contributed by atoms with van der Waals surface area (Å²) in [5.41, 5.74) is 1.80. The van der Waals surface area contributed by atoms with Gasteiger partial charge in [0.2, 0.25) is 0 Å². The fraction of sp³-hybridized carbons (Fsp3) is 0.333. The van der Waals surface area contributed by atoms with Crippen LogP contribution in [0, 0.1) is 0 Å². The van der Waals surface area contributed by atoms with Gasteiger partial charge in [0.25, 0.3) is 0 Å². The topological polar surface area (TPSA) is 21.3 Å². The minimum Gasteiger partial charge on any atom is -0.492 e. The van der Waals surface area contributed by atoms with Crippen molar-refractivity contribution in [2.24, 2.45) is 0 Å². The Morgan fingerprint density at radius 1 is 1.04 bits per heavy atom.